The lowest BCUT2D eigenvalue weighted by Crippen LogP contribution is -2.52. The zero-order chi connectivity index (χ0) is 27.9. The van der Waals surface area contributed by atoms with Gasteiger partial charge >= 0.3 is 0 Å². The molecule has 9 heteroatoms. The normalized spacial score (nSPS) is 12.9. The molecule has 0 aliphatic carbocycles. The summed E-state index contributed by atoms with van der Waals surface area (Å²) in [5, 5.41) is 3.26. The van der Waals surface area contributed by atoms with Gasteiger partial charge in [-0.1, -0.05) is 72.6 Å². The monoisotopic (exact) mass is 555 g/mol. The van der Waals surface area contributed by atoms with Crippen molar-refractivity contribution >= 4 is 39.1 Å². The molecule has 0 aliphatic heterocycles. The number of rotatable bonds is 11. The molecule has 0 fully saturated rings. The molecule has 2 amide bonds. The molecule has 0 saturated carbocycles. The van der Waals surface area contributed by atoms with Gasteiger partial charge in [-0.25, -0.2) is 8.42 Å². The van der Waals surface area contributed by atoms with Crippen LogP contribution in [0.3, 0.4) is 0 Å². The molecule has 2 atom stereocenters. The summed E-state index contributed by atoms with van der Waals surface area (Å²) in [5.74, 6) is -0.822. The van der Waals surface area contributed by atoms with Crippen molar-refractivity contribution in [2.75, 3.05) is 10.8 Å². The lowest BCUT2D eigenvalue weighted by atomic mass is 10.1. The zero-order valence-corrected chi connectivity index (χ0v) is 23.7. The number of hydrogen-bond donors (Lipinski definition) is 1. The Labute approximate surface area is 230 Å². The van der Waals surface area contributed by atoms with Gasteiger partial charge in [0.25, 0.3) is 10.0 Å². The van der Waals surface area contributed by atoms with E-state index in [1.807, 2.05) is 45.0 Å². The van der Waals surface area contributed by atoms with Crippen LogP contribution in [-0.4, -0.2) is 43.8 Å². The third kappa shape index (κ3) is 7.36. The van der Waals surface area contributed by atoms with Gasteiger partial charge in [-0.2, -0.15) is 0 Å². The van der Waals surface area contributed by atoms with Gasteiger partial charge < -0.3 is 10.2 Å². The van der Waals surface area contributed by atoms with Crippen molar-refractivity contribution in [2.45, 2.75) is 57.6 Å². The van der Waals surface area contributed by atoms with Crippen molar-refractivity contribution in [3.8, 4) is 0 Å². The molecule has 1 N–H and O–H groups in total. The fourth-order valence-electron chi connectivity index (χ4n) is 3.82. The smallest absolute Gasteiger partial charge is 0.264 e. The van der Waals surface area contributed by atoms with Gasteiger partial charge in [0.05, 0.1) is 10.6 Å². The van der Waals surface area contributed by atoms with Crippen LogP contribution in [-0.2, 0) is 26.2 Å². The van der Waals surface area contributed by atoms with E-state index in [9.17, 15) is 18.0 Å². The fourth-order valence-corrected chi connectivity index (χ4v) is 5.43. The van der Waals surface area contributed by atoms with Gasteiger partial charge in [-0.15, -0.1) is 0 Å². The van der Waals surface area contributed by atoms with Crippen LogP contribution in [0, 0.1) is 6.92 Å². The van der Waals surface area contributed by atoms with Gasteiger partial charge in [0, 0.05) is 17.6 Å². The summed E-state index contributed by atoms with van der Waals surface area (Å²) in [6.45, 7) is 7.10. The minimum absolute atomic E-state index is 0.0421. The number of carbonyl (C=O) groups is 2. The van der Waals surface area contributed by atoms with Crippen LogP contribution >= 0.6 is 11.6 Å². The standard InChI is InChI=1S/C29H34ClN3O4S/c1-5-22(3)31-29(35)23(4)32(19-24-16-14-21(2)15-17-24)28(34)20-33(26-11-9-10-25(30)18-26)38(36,37)27-12-7-6-8-13-27/h6-18,22-23H,5,19-20H2,1-4H3,(H,31,35). The maximum atomic E-state index is 13.9. The third-order valence-corrected chi connectivity index (χ3v) is 8.37. The highest BCUT2D eigenvalue weighted by atomic mass is 35.5. The van der Waals surface area contributed by atoms with E-state index in [1.165, 1.54) is 23.1 Å². The minimum Gasteiger partial charge on any atom is -0.352 e. The number of amides is 2. The van der Waals surface area contributed by atoms with Gasteiger partial charge in [-0.3, -0.25) is 13.9 Å². The van der Waals surface area contributed by atoms with Gasteiger partial charge in [0.1, 0.15) is 12.6 Å². The van der Waals surface area contributed by atoms with Crippen LogP contribution in [0.25, 0.3) is 0 Å². The summed E-state index contributed by atoms with van der Waals surface area (Å²) < 4.78 is 28.5. The molecule has 0 heterocycles. The quantitative estimate of drug-likeness (QED) is 0.353. The lowest BCUT2D eigenvalue weighted by molar-refractivity contribution is -0.139. The first-order chi connectivity index (χ1) is 18.0. The highest BCUT2D eigenvalue weighted by Crippen LogP contribution is 2.26. The van der Waals surface area contributed by atoms with E-state index in [2.05, 4.69) is 5.32 Å². The molecule has 3 aromatic rings. The van der Waals surface area contributed by atoms with Crippen molar-refractivity contribution in [3.63, 3.8) is 0 Å². The van der Waals surface area contributed by atoms with E-state index >= 15 is 0 Å². The first-order valence-corrected chi connectivity index (χ1v) is 14.3. The number of carbonyl (C=O) groups excluding carboxylic acids is 2. The molecule has 3 rings (SSSR count). The number of sulfonamides is 1. The molecule has 0 bridgehead atoms. The van der Waals surface area contributed by atoms with Crippen molar-refractivity contribution in [1.82, 2.24) is 10.2 Å². The minimum atomic E-state index is -4.12. The Morgan fingerprint density at radius 1 is 0.947 bits per heavy atom. The molecule has 38 heavy (non-hydrogen) atoms. The highest BCUT2D eigenvalue weighted by molar-refractivity contribution is 7.92. The summed E-state index contributed by atoms with van der Waals surface area (Å²) in [6, 6.07) is 21.0. The zero-order valence-electron chi connectivity index (χ0n) is 22.1. The highest BCUT2D eigenvalue weighted by Gasteiger charge is 2.32. The summed E-state index contributed by atoms with van der Waals surface area (Å²) in [6.07, 6.45) is 0.738. The lowest BCUT2D eigenvalue weighted by Gasteiger charge is -2.32. The first-order valence-electron chi connectivity index (χ1n) is 12.5. The number of aryl methyl sites for hydroxylation is 1. The first kappa shape index (κ1) is 29.2. The van der Waals surface area contributed by atoms with Crippen LogP contribution < -0.4 is 9.62 Å². The van der Waals surface area contributed by atoms with Gasteiger partial charge in [0.2, 0.25) is 11.8 Å². The van der Waals surface area contributed by atoms with E-state index in [-0.39, 0.29) is 29.1 Å². The average Bonchev–Trinajstić information content (AvgIpc) is 2.91. The molecular formula is C29H34ClN3O4S. The largest absolute Gasteiger partial charge is 0.352 e. The van der Waals surface area contributed by atoms with E-state index in [4.69, 9.17) is 11.6 Å². The van der Waals surface area contributed by atoms with E-state index in [0.29, 0.717) is 5.02 Å². The predicted octanol–water partition coefficient (Wildman–Crippen LogP) is 5.18. The molecule has 0 spiro atoms. The molecule has 0 radical (unpaired) electrons. The number of nitrogens with zero attached hydrogens (tertiary/aromatic N) is 2. The maximum absolute atomic E-state index is 13.9. The molecule has 0 aliphatic rings. The number of anilines is 1. The van der Waals surface area contributed by atoms with E-state index < -0.39 is 28.5 Å². The second-order valence-corrected chi connectivity index (χ2v) is 11.6. The predicted molar refractivity (Wildman–Crippen MR) is 152 cm³/mol. The Morgan fingerprint density at radius 2 is 1.61 bits per heavy atom. The molecular weight excluding hydrogens is 522 g/mol. The Bertz CT molecular complexity index is 1350. The number of hydrogen-bond acceptors (Lipinski definition) is 4. The van der Waals surface area contributed by atoms with Gasteiger partial charge in [-0.05, 0) is 63.1 Å². The second kappa shape index (κ2) is 12.9. The topological polar surface area (TPSA) is 86.8 Å². The second-order valence-electron chi connectivity index (χ2n) is 9.31. The van der Waals surface area contributed by atoms with Crippen molar-refractivity contribution in [3.05, 3.63) is 95.0 Å². The molecule has 7 nitrogen and oxygen atoms in total. The van der Waals surface area contributed by atoms with Gasteiger partial charge in [0.15, 0.2) is 0 Å². The van der Waals surface area contributed by atoms with Crippen LogP contribution in [0.1, 0.15) is 38.3 Å². The Kier molecular flexibility index (Phi) is 9.94. The van der Waals surface area contributed by atoms with E-state index in [0.717, 1.165) is 21.9 Å². The Hall–Kier alpha value is -3.36. The Morgan fingerprint density at radius 3 is 2.21 bits per heavy atom. The summed E-state index contributed by atoms with van der Waals surface area (Å²) in [7, 11) is -4.12. The number of benzene rings is 3. The van der Waals surface area contributed by atoms with Crippen molar-refractivity contribution in [1.29, 1.82) is 0 Å². The van der Waals surface area contributed by atoms with E-state index in [1.54, 1.807) is 43.3 Å². The molecule has 3 aromatic carbocycles. The number of halogens is 1. The van der Waals surface area contributed by atoms with Crippen LogP contribution in [0.2, 0.25) is 5.02 Å². The molecule has 0 saturated heterocycles. The SMILES string of the molecule is CCC(C)NC(=O)C(C)N(Cc1ccc(C)cc1)C(=O)CN(c1cccc(Cl)c1)S(=O)(=O)c1ccccc1. The summed E-state index contributed by atoms with van der Waals surface area (Å²) in [4.78, 5) is 28.4. The maximum Gasteiger partial charge on any atom is 0.264 e. The van der Waals surface area contributed by atoms with Crippen LogP contribution in [0.5, 0.6) is 0 Å². The molecule has 2 unspecified atom stereocenters. The third-order valence-electron chi connectivity index (χ3n) is 6.35. The van der Waals surface area contributed by atoms with Crippen molar-refractivity contribution in [2.24, 2.45) is 0 Å². The fraction of sp³-hybridized carbons (Fsp3) is 0.310. The average molecular weight is 556 g/mol. The van der Waals surface area contributed by atoms with Crippen molar-refractivity contribution < 1.29 is 18.0 Å². The summed E-state index contributed by atoms with van der Waals surface area (Å²) in [5.41, 5.74) is 2.14. The Balaban J connectivity index is 2.01. The summed E-state index contributed by atoms with van der Waals surface area (Å²) >= 11 is 6.19. The number of nitrogens with one attached hydrogen (secondary N) is 1. The molecule has 0 aromatic heterocycles. The van der Waals surface area contributed by atoms with Crippen LogP contribution in [0.15, 0.2) is 83.8 Å². The molecule has 202 valence electrons. The van der Waals surface area contributed by atoms with Crippen LogP contribution in [0.4, 0.5) is 5.69 Å².